The summed E-state index contributed by atoms with van der Waals surface area (Å²) in [7, 11) is 0. The molecule has 0 saturated carbocycles. The Morgan fingerprint density at radius 3 is 2.42 bits per heavy atom. The van der Waals surface area contributed by atoms with Crippen molar-refractivity contribution in [3.05, 3.63) is 48.5 Å². The molecule has 0 unspecified atom stereocenters. The molecular weight excluding hydrogens is 410 g/mol. The van der Waals surface area contributed by atoms with Crippen LogP contribution in [0.15, 0.2) is 48.5 Å². The number of ether oxygens (including phenoxy) is 1. The van der Waals surface area contributed by atoms with Gasteiger partial charge in [-0.1, -0.05) is 56.9 Å². The van der Waals surface area contributed by atoms with E-state index in [2.05, 4.69) is 60.6 Å². The van der Waals surface area contributed by atoms with E-state index >= 15 is 0 Å². The highest BCUT2D eigenvalue weighted by molar-refractivity contribution is 6.10. The van der Waals surface area contributed by atoms with Crippen LogP contribution in [0.25, 0.3) is 10.8 Å². The quantitative estimate of drug-likeness (QED) is 0.244. The molecule has 3 aromatic rings. The number of hydrogen-bond acceptors (Lipinski definition) is 4. The lowest BCUT2D eigenvalue weighted by molar-refractivity contribution is -0.116. The van der Waals surface area contributed by atoms with Gasteiger partial charge in [0.25, 0.3) is 0 Å². The second-order valence-electron chi connectivity index (χ2n) is 8.64. The van der Waals surface area contributed by atoms with Gasteiger partial charge in [0, 0.05) is 48.1 Å². The Morgan fingerprint density at radius 2 is 1.67 bits per heavy atom. The lowest BCUT2D eigenvalue weighted by Gasteiger charge is -2.27. The molecule has 1 amide bonds. The van der Waals surface area contributed by atoms with Crippen LogP contribution in [-0.4, -0.2) is 19.0 Å². The number of unbranched alkanes of at least 4 members (excludes halogenated alkanes) is 4. The SMILES string of the molecule is CCCCCCCC(=O)Nc1cc2c(c3ccccc13)Nc1ccc(N(CC)CC)cc1O2. The average molecular weight is 446 g/mol. The predicted octanol–water partition coefficient (Wildman–Crippen LogP) is 7.83. The van der Waals surface area contributed by atoms with Crippen LogP contribution >= 0.6 is 0 Å². The Bertz CT molecular complexity index is 1120. The van der Waals surface area contributed by atoms with Gasteiger partial charge in [-0.15, -0.1) is 0 Å². The van der Waals surface area contributed by atoms with Crippen LogP contribution in [0.3, 0.4) is 0 Å². The van der Waals surface area contributed by atoms with E-state index in [0.717, 1.165) is 71.0 Å². The van der Waals surface area contributed by atoms with Gasteiger partial charge in [-0.2, -0.15) is 0 Å². The van der Waals surface area contributed by atoms with Crippen molar-refractivity contribution in [2.45, 2.75) is 59.3 Å². The molecule has 5 heteroatoms. The maximum absolute atomic E-state index is 12.7. The van der Waals surface area contributed by atoms with E-state index in [1.54, 1.807) is 0 Å². The summed E-state index contributed by atoms with van der Waals surface area (Å²) < 4.78 is 6.37. The molecule has 0 radical (unpaired) electrons. The number of benzene rings is 3. The van der Waals surface area contributed by atoms with Crippen molar-refractivity contribution in [2.75, 3.05) is 28.6 Å². The minimum absolute atomic E-state index is 0.0598. The maximum Gasteiger partial charge on any atom is 0.224 e. The number of hydrogen-bond donors (Lipinski definition) is 2. The molecule has 0 aromatic heterocycles. The number of amides is 1. The van der Waals surface area contributed by atoms with Crippen molar-refractivity contribution >= 4 is 39.4 Å². The van der Waals surface area contributed by atoms with Gasteiger partial charge < -0.3 is 20.3 Å². The number of fused-ring (bicyclic) bond motifs is 4. The lowest BCUT2D eigenvalue weighted by Crippen LogP contribution is -2.21. The molecule has 4 rings (SSSR count). The summed E-state index contributed by atoms with van der Waals surface area (Å²) in [6.07, 6.45) is 6.21. The Balaban J connectivity index is 1.59. The number of nitrogens with zero attached hydrogens (tertiary/aromatic N) is 1. The van der Waals surface area contributed by atoms with Crippen LogP contribution in [0.2, 0.25) is 0 Å². The van der Waals surface area contributed by atoms with E-state index in [9.17, 15) is 4.79 Å². The van der Waals surface area contributed by atoms with E-state index in [1.807, 2.05) is 24.3 Å². The first-order chi connectivity index (χ1) is 16.1. The van der Waals surface area contributed by atoms with Crippen molar-refractivity contribution < 1.29 is 9.53 Å². The van der Waals surface area contributed by atoms with Gasteiger partial charge in [-0.25, -0.2) is 0 Å². The smallest absolute Gasteiger partial charge is 0.224 e. The molecular formula is C28H35N3O2. The van der Waals surface area contributed by atoms with E-state index in [1.165, 1.54) is 19.3 Å². The molecule has 0 saturated heterocycles. The van der Waals surface area contributed by atoms with Crippen LogP contribution in [0.4, 0.5) is 22.7 Å². The molecule has 1 aliphatic heterocycles. The fourth-order valence-corrected chi connectivity index (χ4v) is 4.50. The normalized spacial score (nSPS) is 11.8. The predicted molar refractivity (Wildman–Crippen MR) is 139 cm³/mol. The summed E-state index contributed by atoms with van der Waals surface area (Å²) in [5, 5.41) is 8.75. The maximum atomic E-state index is 12.7. The van der Waals surface area contributed by atoms with E-state index in [0.29, 0.717) is 6.42 Å². The summed E-state index contributed by atoms with van der Waals surface area (Å²) in [4.78, 5) is 15.0. The zero-order valence-electron chi connectivity index (χ0n) is 20.0. The zero-order valence-corrected chi connectivity index (χ0v) is 20.0. The molecule has 0 fully saturated rings. The largest absolute Gasteiger partial charge is 0.453 e. The first-order valence-electron chi connectivity index (χ1n) is 12.3. The molecule has 33 heavy (non-hydrogen) atoms. The molecule has 0 spiro atoms. The standard InChI is InChI=1S/C28H35N3O2/c1-4-7-8-9-10-15-27(32)29-24-19-26-28(22-14-12-11-13-21(22)24)30-23-17-16-20(18-25(23)33-26)31(5-2)6-3/h11-14,16-19,30H,4-10,15H2,1-3H3,(H,29,32). The fraction of sp³-hybridized carbons (Fsp3) is 0.393. The summed E-state index contributed by atoms with van der Waals surface area (Å²) in [5.41, 5.74) is 3.83. The number of rotatable bonds is 10. The third-order valence-electron chi connectivity index (χ3n) is 6.36. The number of anilines is 4. The van der Waals surface area contributed by atoms with E-state index < -0.39 is 0 Å². The van der Waals surface area contributed by atoms with Crippen molar-refractivity contribution in [2.24, 2.45) is 0 Å². The third-order valence-corrected chi connectivity index (χ3v) is 6.36. The number of carbonyl (C=O) groups excluding carboxylic acids is 1. The Hall–Kier alpha value is -3.21. The minimum Gasteiger partial charge on any atom is -0.453 e. The highest BCUT2D eigenvalue weighted by atomic mass is 16.5. The van der Waals surface area contributed by atoms with E-state index in [-0.39, 0.29) is 5.91 Å². The summed E-state index contributed by atoms with van der Waals surface area (Å²) in [5.74, 6) is 1.59. The fourth-order valence-electron chi connectivity index (χ4n) is 4.50. The second kappa shape index (κ2) is 10.6. The molecule has 174 valence electrons. The molecule has 1 aliphatic rings. The molecule has 0 bridgehead atoms. The molecule has 1 heterocycles. The second-order valence-corrected chi connectivity index (χ2v) is 8.64. The van der Waals surface area contributed by atoms with Gasteiger partial charge in [0.15, 0.2) is 11.5 Å². The Labute approximate surface area is 197 Å². The number of carbonyl (C=O) groups is 1. The molecule has 0 aliphatic carbocycles. The molecule has 5 nitrogen and oxygen atoms in total. The highest BCUT2D eigenvalue weighted by Gasteiger charge is 2.22. The van der Waals surface area contributed by atoms with Crippen molar-refractivity contribution in [3.8, 4) is 11.5 Å². The van der Waals surface area contributed by atoms with Gasteiger partial charge in [0.2, 0.25) is 5.91 Å². The number of nitrogens with one attached hydrogen (secondary N) is 2. The lowest BCUT2D eigenvalue weighted by atomic mass is 10.0. The van der Waals surface area contributed by atoms with Crippen molar-refractivity contribution in [1.29, 1.82) is 0 Å². The van der Waals surface area contributed by atoms with Crippen LogP contribution in [0.5, 0.6) is 11.5 Å². The first kappa shape index (κ1) is 23.0. The minimum atomic E-state index is 0.0598. The van der Waals surface area contributed by atoms with Gasteiger partial charge in [-0.05, 0) is 32.4 Å². The van der Waals surface area contributed by atoms with Gasteiger partial charge in [-0.3, -0.25) is 4.79 Å². The average Bonchev–Trinajstić information content (AvgIpc) is 2.83. The monoisotopic (exact) mass is 445 g/mol. The van der Waals surface area contributed by atoms with Crippen molar-refractivity contribution in [3.63, 3.8) is 0 Å². The summed E-state index contributed by atoms with van der Waals surface area (Å²) in [6, 6.07) is 16.4. The summed E-state index contributed by atoms with van der Waals surface area (Å²) in [6.45, 7) is 8.40. The Morgan fingerprint density at radius 1 is 0.909 bits per heavy atom. The zero-order chi connectivity index (χ0) is 23.2. The highest BCUT2D eigenvalue weighted by Crippen LogP contribution is 2.48. The Kier molecular flexibility index (Phi) is 7.38. The molecule has 2 N–H and O–H groups in total. The van der Waals surface area contributed by atoms with Crippen LogP contribution in [0, 0.1) is 0 Å². The van der Waals surface area contributed by atoms with Gasteiger partial charge in [0.1, 0.15) is 0 Å². The van der Waals surface area contributed by atoms with Gasteiger partial charge in [0.05, 0.1) is 17.1 Å². The van der Waals surface area contributed by atoms with Crippen molar-refractivity contribution in [1.82, 2.24) is 0 Å². The topological polar surface area (TPSA) is 53.6 Å². The molecule has 0 atom stereocenters. The van der Waals surface area contributed by atoms with E-state index in [4.69, 9.17) is 4.74 Å². The van der Waals surface area contributed by atoms with Crippen LogP contribution in [0.1, 0.15) is 59.3 Å². The van der Waals surface area contributed by atoms with Crippen LogP contribution in [-0.2, 0) is 4.79 Å². The summed E-state index contributed by atoms with van der Waals surface area (Å²) >= 11 is 0. The van der Waals surface area contributed by atoms with Crippen LogP contribution < -0.4 is 20.3 Å². The van der Waals surface area contributed by atoms with Gasteiger partial charge >= 0.3 is 0 Å². The third kappa shape index (κ3) is 5.08. The first-order valence-corrected chi connectivity index (χ1v) is 12.3. The molecule has 3 aromatic carbocycles.